The Balaban J connectivity index is 2.28. The molecule has 5 heteroatoms. The molecule has 108 valence electrons. The van der Waals surface area contributed by atoms with Gasteiger partial charge in [-0.15, -0.1) is 0 Å². The number of rotatable bonds is 6. The van der Waals surface area contributed by atoms with Gasteiger partial charge in [-0.1, -0.05) is 41.1 Å². The molecule has 1 unspecified atom stereocenters. The molecule has 1 aromatic carbocycles. The third-order valence-electron chi connectivity index (χ3n) is 3.46. The van der Waals surface area contributed by atoms with Gasteiger partial charge in [0.25, 0.3) is 0 Å². The number of benzene rings is 1. The Morgan fingerprint density at radius 2 is 2.10 bits per heavy atom. The Morgan fingerprint density at radius 1 is 1.35 bits per heavy atom. The van der Waals surface area contributed by atoms with Gasteiger partial charge in [0.05, 0.1) is 17.4 Å². The van der Waals surface area contributed by atoms with Crippen LogP contribution in [0, 0.1) is 0 Å². The fourth-order valence-corrected chi connectivity index (χ4v) is 2.77. The van der Waals surface area contributed by atoms with Gasteiger partial charge >= 0.3 is 0 Å². The number of hydrogen-bond donors (Lipinski definition) is 2. The van der Waals surface area contributed by atoms with Crippen molar-refractivity contribution in [2.24, 2.45) is 5.84 Å². The van der Waals surface area contributed by atoms with Crippen LogP contribution in [0.3, 0.4) is 0 Å². The Hall–Kier alpha value is -1.17. The standard InChI is InChI=1S/C15H21BrN4/c1-3-12-10-15(20(4-2)19-12)14(18-17)9-11-7-5-6-8-13(11)16/h5-8,10,14,18H,3-4,9,17H2,1-2H3. The summed E-state index contributed by atoms with van der Waals surface area (Å²) in [4.78, 5) is 0. The van der Waals surface area contributed by atoms with Crippen LogP contribution in [0.5, 0.6) is 0 Å². The fourth-order valence-electron chi connectivity index (χ4n) is 2.33. The van der Waals surface area contributed by atoms with Crippen LogP contribution in [0.15, 0.2) is 34.8 Å². The van der Waals surface area contributed by atoms with E-state index >= 15 is 0 Å². The summed E-state index contributed by atoms with van der Waals surface area (Å²) in [7, 11) is 0. The molecule has 20 heavy (non-hydrogen) atoms. The second-order valence-electron chi connectivity index (χ2n) is 4.74. The number of nitrogens with two attached hydrogens (primary N) is 1. The van der Waals surface area contributed by atoms with Crippen LogP contribution >= 0.6 is 15.9 Å². The first-order chi connectivity index (χ1) is 9.69. The average molecular weight is 337 g/mol. The van der Waals surface area contributed by atoms with E-state index in [9.17, 15) is 0 Å². The number of hydrazine groups is 1. The Morgan fingerprint density at radius 3 is 2.70 bits per heavy atom. The third-order valence-corrected chi connectivity index (χ3v) is 4.24. The van der Waals surface area contributed by atoms with E-state index in [4.69, 9.17) is 5.84 Å². The van der Waals surface area contributed by atoms with Crippen molar-refractivity contribution in [2.45, 2.75) is 39.3 Å². The van der Waals surface area contributed by atoms with Crippen molar-refractivity contribution in [3.8, 4) is 0 Å². The zero-order chi connectivity index (χ0) is 14.5. The van der Waals surface area contributed by atoms with Gasteiger partial charge in [0.1, 0.15) is 0 Å². The predicted octanol–water partition coefficient (Wildman–Crippen LogP) is 2.98. The summed E-state index contributed by atoms with van der Waals surface area (Å²) in [6.45, 7) is 5.07. The smallest absolute Gasteiger partial charge is 0.0669 e. The molecule has 1 atom stereocenters. The van der Waals surface area contributed by atoms with E-state index in [0.29, 0.717) is 0 Å². The van der Waals surface area contributed by atoms with Crippen LogP contribution in [0.1, 0.15) is 36.8 Å². The molecule has 0 saturated carbocycles. The quantitative estimate of drug-likeness (QED) is 0.629. The lowest BCUT2D eigenvalue weighted by Crippen LogP contribution is -2.31. The van der Waals surface area contributed by atoms with E-state index in [1.165, 1.54) is 5.56 Å². The second kappa shape index (κ2) is 7.02. The minimum atomic E-state index is 0.0569. The topological polar surface area (TPSA) is 55.9 Å². The number of nitrogens with one attached hydrogen (secondary N) is 1. The molecule has 4 nitrogen and oxygen atoms in total. The van der Waals surface area contributed by atoms with Gasteiger partial charge in [-0.2, -0.15) is 5.10 Å². The van der Waals surface area contributed by atoms with Crippen LogP contribution < -0.4 is 11.3 Å². The molecule has 2 rings (SSSR count). The van der Waals surface area contributed by atoms with Crippen LogP contribution in [0.4, 0.5) is 0 Å². The summed E-state index contributed by atoms with van der Waals surface area (Å²) in [6, 6.07) is 10.4. The molecule has 0 aliphatic rings. The van der Waals surface area contributed by atoms with Crippen LogP contribution in [-0.2, 0) is 19.4 Å². The Kier molecular flexibility index (Phi) is 5.34. The zero-order valence-electron chi connectivity index (χ0n) is 11.9. The van der Waals surface area contributed by atoms with Crippen molar-refractivity contribution < 1.29 is 0 Å². The predicted molar refractivity (Wildman–Crippen MR) is 85.2 cm³/mol. The van der Waals surface area contributed by atoms with E-state index in [-0.39, 0.29) is 6.04 Å². The normalized spacial score (nSPS) is 12.6. The molecule has 0 aliphatic carbocycles. The van der Waals surface area contributed by atoms with Gasteiger partial charge in [0, 0.05) is 11.0 Å². The molecule has 1 aromatic heterocycles. The van der Waals surface area contributed by atoms with Crippen molar-refractivity contribution in [1.82, 2.24) is 15.2 Å². The number of aromatic nitrogens is 2. The highest BCUT2D eigenvalue weighted by atomic mass is 79.9. The number of halogens is 1. The Labute approximate surface area is 128 Å². The number of nitrogens with zero attached hydrogens (tertiary/aromatic N) is 2. The summed E-state index contributed by atoms with van der Waals surface area (Å²) in [5.74, 6) is 5.77. The lowest BCUT2D eigenvalue weighted by atomic mass is 10.0. The molecular weight excluding hydrogens is 316 g/mol. The summed E-state index contributed by atoms with van der Waals surface area (Å²) in [5.41, 5.74) is 6.41. The molecule has 0 aliphatic heterocycles. The van der Waals surface area contributed by atoms with Gasteiger partial charge < -0.3 is 0 Å². The first-order valence-electron chi connectivity index (χ1n) is 6.95. The average Bonchev–Trinajstić information content (AvgIpc) is 2.89. The highest BCUT2D eigenvalue weighted by Crippen LogP contribution is 2.24. The maximum Gasteiger partial charge on any atom is 0.0669 e. The van der Waals surface area contributed by atoms with Gasteiger partial charge in [0.15, 0.2) is 0 Å². The number of hydrogen-bond acceptors (Lipinski definition) is 3. The lowest BCUT2D eigenvalue weighted by Gasteiger charge is -2.18. The second-order valence-corrected chi connectivity index (χ2v) is 5.60. The molecule has 0 radical (unpaired) electrons. The summed E-state index contributed by atoms with van der Waals surface area (Å²) < 4.78 is 3.14. The maximum atomic E-state index is 5.77. The SMILES string of the molecule is CCc1cc(C(Cc2ccccc2Br)NN)n(CC)n1. The monoisotopic (exact) mass is 336 g/mol. The van der Waals surface area contributed by atoms with Crippen LogP contribution in [0.25, 0.3) is 0 Å². The molecule has 0 spiro atoms. The van der Waals surface area contributed by atoms with Crippen molar-refractivity contribution in [3.63, 3.8) is 0 Å². The molecule has 3 N–H and O–H groups in total. The summed E-state index contributed by atoms with van der Waals surface area (Å²) in [6.07, 6.45) is 1.76. The molecule has 0 bridgehead atoms. The minimum Gasteiger partial charge on any atom is -0.271 e. The first-order valence-corrected chi connectivity index (χ1v) is 7.75. The largest absolute Gasteiger partial charge is 0.271 e. The van der Waals surface area contributed by atoms with Crippen LogP contribution in [-0.4, -0.2) is 9.78 Å². The van der Waals surface area contributed by atoms with E-state index in [0.717, 1.165) is 35.2 Å². The van der Waals surface area contributed by atoms with Crippen molar-refractivity contribution in [1.29, 1.82) is 0 Å². The van der Waals surface area contributed by atoms with Gasteiger partial charge in [-0.25, -0.2) is 0 Å². The first kappa shape index (κ1) is 15.2. The number of aryl methyl sites for hydroxylation is 2. The molecule has 2 aromatic rings. The Bertz CT molecular complexity index is 565. The van der Waals surface area contributed by atoms with Gasteiger partial charge in [-0.3, -0.25) is 16.0 Å². The lowest BCUT2D eigenvalue weighted by molar-refractivity contribution is 0.489. The van der Waals surface area contributed by atoms with Gasteiger partial charge in [0.2, 0.25) is 0 Å². The summed E-state index contributed by atoms with van der Waals surface area (Å²) in [5, 5.41) is 4.59. The van der Waals surface area contributed by atoms with Crippen molar-refractivity contribution in [3.05, 3.63) is 51.8 Å². The highest BCUT2D eigenvalue weighted by Gasteiger charge is 2.17. The molecule has 0 amide bonds. The minimum absolute atomic E-state index is 0.0569. The maximum absolute atomic E-state index is 5.77. The van der Waals surface area contributed by atoms with E-state index in [2.05, 4.69) is 58.5 Å². The van der Waals surface area contributed by atoms with Crippen molar-refractivity contribution in [2.75, 3.05) is 0 Å². The van der Waals surface area contributed by atoms with E-state index < -0.39 is 0 Å². The van der Waals surface area contributed by atoms with Gasteiger partial charge in [-0.05, 0) is 37.5 Å². The van der Waals surface area contributed by atoms with E-state index in [1.54, 1.807) is 0 Å². The molecular formula is C15H21BrN4. The molecule has 0 fully saturated rings. The highest BCUT2D eigenvalue weighted by molar-refractivity contribution is 9.10. The molecule has 0 saturated heterocycles. The molecule has 1 heterocycles. The third kappa shape index (κ3) is 3.29. The van der Waals surface area contributed by atoms with Crippen molar-refractivity contribution >= 4 is 15.9 Å². The zero-order valence-corrected chi connectivity index (χ0v) is 13.5. The summed E-state index contributed by atoms with van der Waals surface area (Å²) >= 11 is 3.59. The van der Waals surface area contributed by atoms with E-state index in [1.807, 2.05) is 16.8 Å². The fraction of sp³-hybridized carbons (Fsp3) is 0.400. The van der Waals surface area contributed by atoms with Crippen LogP contribution in [0.2, 0.25) is 0 Å².